The van der Waals surface area contributed by atoms with Gasteiger partial charge in [0.25, 0.3) is 0 Å². The number of likely N-dealkylation sites (N-methyl/N-ethyl adjacent to an activating group) is 1. The van der Waals surface area contributed by atoms with Gasteiger partial charge in [-0.05, 0) is 30.8 Å². The van der Waals surface area contributed by atoms with Crippen molar-refractivity contribution in [2.75, 3.05) is 20.2 Å². The van der Waals surface area contributed by atoms with Crippen LogP contribution in [0.4, 0.5) is 0 Å². The molecule has 0 N–H and O–H groups in total. The first-order valence-corrected chi connectivity index (χ1v) is 7.12. The topological polar surface area (TPSA) is 36.3 Å². The standard InChI is InChI=1S/C17H17ClN2O/c1-20(13-15-7-2-4-8-16(15)18)10-11-21-17-9-5-3-6-14(17)12-19/h2-9H,10-11,13H2,1H3. The Morgan fingerprint density at radius 2 is 1.86 bits per heavy atom. The highest BCUT2D eigenvalue weighted by Gasteiger charge is 2.05. The van der Waals surface area contributed by atoms with Crippen molar-refractivity contribution in [2.45, 2.75) is 6.54 Å². The molecule has 21 heavy (non-hydrogen) atoms. The number of para-hydroxylation sites is 1. The van der Waals surface area contributed by atoms with Gasteiger partial charge in [-0.1, -0.05) is 41.9 Å². The van der Waals surface area contributed by atoms with E-state index in [0.717, 1.165) is 23.7 Å². The molecule has 4 heteroatoms. The number of nitriles is 1. The molecule has 0 fully saturated rings. The minimum atomic E-state index is 0.527. The zero-order chi connectivity index (χ0) is 15.1. The van der Waals surface area contributed by atoms with Gasteiger partial charge in [0, 0.05) is 18.1 Å². The van der Waals surface area contributed by atoms with E-state index in [2.05, 4.69) is 11.0 Å². The van der Waals surface area contributed by atoms with E-state index in [1.165, 1.54) is 0 Å². The van der Waals surface area contributed by atoms with Crippen molar-refractivity contribution >= 4 is 11.6 Å². The molecule has 0 aliphatic rings. The Morgan fingerprint density at radius 3 is 2.62 bits per heavy atom. The summed E-state index contributed by atoms with van der Waals surface area (Å²) in [5.74, 6) is 0.631. The van der Waals surface area contributed by atoms with Crippen molar-refractivity contribution in [3.8, 4) is 11.8 Å². The van der Waals surface area contributed by atoms with Crippen molar-refractivity contribution in [2.24, 2.45) is 0 Å². The maximum Gasteiger partial charge on any atom is 0.137 e. The summed E-state index contributed by atoms with van der Waals surface area (Å²) in [5, 5.41) is 9.78. The Labute approximate surface area is 130 Å². The van der Waals surface area contributed by atoms with Crippen LogP contribution in [0.1, 0.15) is 11.1 Å². The summed E-state index contributed by atoms with van der Waals surface area (Å²) in [6.07, 6.45) is 0. The quantitative estimate of drug-likeness (QED) is 0.815. The highest BCUT2D eigenvalue weighted by Crippen LogP contribution is 2.18. The molecule has 0 aromatic heterocycles. The number of hydrogen-bond acceptors (Lipinski definition) is 3. The molecule has 0 aliphatic heterocycles. The van der Waals surface area contributed by atoms with E-state index in [0.29, 0.717) is 17.9 Å². The van der Waals surface area contributed by atoms with Crippen molar-refractivity contribution in [3.63, 3.8) is 0 Å². The molecule has 0 radical (unpaired) electrons. The minimum Gasteiger partial charge on any atom is -0.491 e. The van der Waals surface area contributed by atoms with Gasteiger partial charge in [0.2, 0.25) is 0 Å². The van der Waals surface area contributed by atoms with Crippen LogP contribution in [-0.4, -0.2) is 25.1 Å². The van der Waals surface area contributed by atoms with Crippen LogP contribution in [-0.2, 0) is 6.54 Å². The lowest BCUT2D eigenvalue weighted by Crippen LogP contribution is -2.24. The third-order valence-electron chi connectivity index (χ3n) is 3.14. The molecule has 0 bridgehead atoms. The molecule has 0 spiro atoms. The molecular weight excluding hydrogens is 284 g/mol. The van der Waals surface area contributed by atoms with E-state index in [1.807, 2.05) is 49.5 Å². The zero-order valence-electron chi connectivity index (χ0n) is 11.9. The van der Waals surface area contributed by atoms with Crippen LogP contribution in [0, 0.1) is 11.3 Å². The second-order valence-corrected chi connectivity index (χ2v) is 5.19. The Bertz CT molecular complexity index is 637. The summed E-state index contributed by atoms with van der Waals surface area (Å²) in [6.45, 7) is 2.05. The number of nitrogens with zero attached hydrogens (tertiary/aromatic N) is 2. The van der Waals surface area contributed by atoms with Crippen molar-refractivity contribution in [1.82, 2.24) is 4.90 Å². The van der Waals surface area contributed by atoms with Gasteiger partial charge in [0.15, 0.2) is 0 Å². The van der Waals surface area contributed by atoms with E-state index in [9.17, 15) is 0 Å². The number of benzene rings is 2. The molecular formula is C17H17ClN2O. The minimum absolute atomic E-state index is 0.527. The first-order valence-electron chi connectivity index (χ1n) is 6.74. The second kappa shape index (κ2) is 7.68. The zero-order valence-corrected chi connectivity index (χ0v) is 12.7. The van der Waals surface area contributed by atoms with Crippen LogP contribution < -0.4 is 4.74 Å². The van der Waals surface area contributed by atoms with Gasteiger partial charge in [-0.25, -0.2) is 0 Å². The number of hydrogen-bond donors (Lipinski definition) is 0. The van der Waals surface area contributed by atoms with Gasteiger partial charge in [-0.2, -0.15) is 5.26 Å². The molecule has 0 aliphatic carbocycles. The predicted molar refractivity (Wildman–Crippen MR) is 84.4 cm³/mol. The highest BCUT2D eigenvalue weighted by atomic mass is 35.5. The molecule has 0 unspecified atom stereocenters. The number of halogens is 1. The summed E-state index contributed by atoms with van der Waals surface area (Å²) < 4.78 is 5.67. The van der Waals surface area contributed by atoms with Crippen LogP contribution in [0.15, 0.2) is 48.5 Å². The average molecular weight is 301 g/mol. The van der Waals surface area contributed by atoms with E-state index < -0.39 is 0 Å². The fraction of sp³-hybridized carbons (Fsp3) is 0.235. The van der Waals surface area contributed by atoms with Gasteiger partial charge < -0.3 is 4.74 Å². The Balaban J connectivity index is 1.84. The molecule has 2 aromatic carbocycles. The first-order chi connectivity index (χ1) is 10.2. The molecule has 108 valence electrons. The van der Waals surface area contributed by atoms with Gasteiger partial charge >= 0.3 is 0 Å². The molecule has 0 saturated carbocycles. The molecule has 0 heterocycles. The summed E-state index contributed by atoms with van der Waals surface area (Å²) in [7, 11) is 2.02. The van der Waals surface area contributed by atoms with Gasteiger partial charge in [0.1, 0.15) is 18.4 Å². The molecule has 0 amide bonds. The number of rotatable bonds is 6. The van der Waals surface area contributed by atoms with Crippen molar-refractivity contribution < 1.29 is 4.74 Å². The van der Waals surface area contributed by atoms with Gasteiger partial charge in [0.05, 0.1) is 5.56 Å². The second-order valence-electron chi connectivity index (χ2n) is 4.79. The predicted octanol–water partition coefficient (Wildman–Crippen LogP) is 3.72. The third-order valence-corrected chi connectivity index (χ3v) is 3.50. The monoisotopic (exact) mass is 300 g/mol. The largest absolute Gasteiger partial charge is 0.491 e. The smallest absolute Gasteiger partial charge is 0.137 e. The van der Waals surface area contributed by atoms with Gasteiger partial charge in [-0.3, -0.25) is 4.90 Å². The van der Waals surface area contributed by atoms with Gasteiger partial charge in [-0.15, -0.1) is 0 Å². The Hall–Kier alpha value is -2.02. The molecule has 0 atom stereocenters. The lowest BCUT2D eigenvalue weighted by Gasteiger charge is -2.18. The number of ether oxygens (including phenoxy) is 1. The van der Waals surface area contributed by atoms with E-state index >= 15 is 0 Å². The first kappa shape index (κ1) is 15.4. The fourth-order valence-electron chi connectivity index (χ4n) is 1.99. The van der Waals surface area contributed by atoms with Crippen molar-refractivity contribution in [1.29, 1.82) is 5.26 Å². The third kappa shape index (κ3) is 4.49. The summed E-state index contributed by atoms with van der Waals surface area (Å²) in [5.41, 5.74) is 1.66. The molecule has 2 aromatic rings. The van der Waals surface area contributed by atoms with Crippen LogP contribution >= 0.6 is 11.6 Å². The van der Waals surface area contributed by atoms with E-state index in [-0.39, 0.29) is 0 Å². The van der Waals surface area contributed by atoms with Crippen LogP contribution in [0.25, 0.3) is 0 Å². The summed E-state index contributed by atoms with van der Waals surface area (Å²) >= 11 is 6.14. The maximum atomic E-state index is 9.00. The lowest BCUT2D eigenvalue weighted by molar-refractivity contribution is 0.232. The Morgan fingerprint density at radius 1 is 1.14 bits per heavy atom. The molecule has 2 rings (SSSR count). The van der Waals surface area contributed by atoms with Crippen molar-refractivity contribution in [3.05, 3.63) is 64.7 Å². The Kier molecular flexibility index (Phi) is 5.62. The van der Waals surface area contributed by atoms with E-state index in [4.69, 9.17) is 21.6 Å². The van der Waals surface area contributed by atoms with Crippen LogP contribution in [0.3, 0.4) is 0 Å². The highest BCUT2D eigenvalue weighted by molar-refractivity contribution is 6.31. The lowest BCUT2D eigenvalue weighted by atomic mass is 10.2. The summed E-state index contributed by atoms with van der Waals surface area (Å²) in [4.78, 5) is 2.14. The molecule has 0 saturated heterocycles. The van der Waals surface area contributed by atoms with Crippen LogP contribution in [0.5, 0.6) is 5.75 Å². The average Bonchev–Trinajstić information content (AvgIpc) is 2.50. The fourth-order valence-corrected chi connectivity index (χ4v) is 2.19. The molecule has 3 nitrogen and oxygen atoms in total. The van der Waals surface area contributed by atoms with Crippen LogP contribution in [0.2, 0.25) is 5.02 Å². The SMILES string of the molecule is CN(CCOc1ccccc1C#N)Cc1ccccc1Cl. The maximum absolute atomic E-state index is 9.00. The van der Waals surface area contributed by atoms with E-state index in [1.54, 1.807) is 6.07 Å². The summed E-state index contributed by atoms with van der Waals surface area (Å²) in [6, 6.07) is 17.2. The normalized spacial score (nSPS) is 10.4.